The molecule has 1 saturated heterocycles. The fourth-order valence-electron chi connectivity index (χ4n) is 6.66. The predicted octanol–water partition coefficient (Wildman–Crippen LogP) is 6.11. The van der Waals surface area contributed by atoms with E-state index in [2.05, 4.69) is 52.2 Å². The van der Waals surface area contributed by atoms with Crippen LogP contribution in [0.3, 0.4) is 0 Å². The molecule has 1 aromatic heterocycles. The number of carbonyl (C=O) groups is 1. The number of carboxylic acid groups (broad SMARTS) is 1. The zero-order chi connectivity index (χ0) is 29.2. The lowest BCUT2D eigenvalue weighted by atomic mass is 9.70. The van der Waals surface area contributed by atoms with Gasteiger partial charge in [0.1, 0.15) is 4.90 Å². The quantitative estimate of drug-likeness (QED) is 0.163. The second kappa shape index (κ2) is 11.8. The highest BCUT2D eigenvalue weighted by Gasteiger charge is 2.60. The second-order valence-corrected chi connectivity index (χ2v) is 12.9. The van der Waals surface area contributed by atoms with Gasteiger partial charge in [-0.25, -0.2) is 13.1 Å². The Kier molecular flexibility index (Phi) is 7.94. The summed E-state index contributed by atoms with van der Waals surface area (Å²) in [4.78, 5) is 15.4. The number of allylic oxidation sites excluding steroid dienone is 2. The van der Waals surface area contributed by atoms with E-state index in [1.165, 1.54) is 0 Å². The summed E-state index contributed by atoms with van der Waals surface area (Å²) in [5.41, 5.74) is 3.50. The second-order valence-electron chi connectivity index (χ2n) is 11.2. The van der Waals surface area contributed by atoms with Crippen molar-refractivity contribution in [2.24, 2.45) is 5.92 Å². The van der Waals surface area contributed by atoms with Crippen molar-refractivity contribution >= 4 is 26.9 Å². The van der Waals surface area contributed by atoms with Crippen LogP contribution in [0, 0.1) is 5.92 Å². The minimum Gasteiger partial charge on any atom is -0.481 e. The number of benzene rings is 3. The van der Waals surface area contributed by atoms with Crippen molar-refractivity contribution in [1.82, 2.24) is 9.71 Å². The van der Waals surface area contributed by atoms with Crippen molar-refractivity contribution in [2.45, 2.75) is 54.6 Å². The van der Waals surface area contributed by atoms with E-state index >= 15 is 0 Å². The van der Waals surface area contributed by atoms with E-state index in [0.717, 1.165) is 28.5 Å². The highest BCUT2D eigenvalue weighted by molar-refractivity contribution is 7.89. The molecule has 216 valence electrons. The summed E-state index contributed by atoms with van der Waals surface area (Å²) in [6.07, 6.45) is 8.16. The van der Waals surface area contributed by atoms with Crippen LogP contribution in [0.4, 0.5) is 0 Å². The third-order valence-electron chi connectivity index (χ3n) is 8.73. The van der Waals surface area contributed by atoms with E-state index < -0.39 is 22.0 Å². The Bertz CT molecular complexity index is 1700. The summed E-state index contributed by atoms with van der Waals surface area (Å²) in [6, 6.07) is 27.2. The molecule has 4 atom stereocenters. The molecule has 4 aromatic rings. The van der Waals surface area contributed by atoms with Gasteiger partial charge in [0.25, 0.3) is 0 Å². The van der Waals surface area contributed by atoms with Gasteiger partial charge in [-0.05, 0) is 60.4 Å². The van der Waals surface area contributed by atoms with Crippen LogP contribution in [0.5, 0.6) is 0 Å². The lowest BCUT2D eigenvalue weighted by molar-refractivity contribution is -0.137. The number of ether oxygens (including phenoxy) is 1. The maximum absolute atomic E-state index is 13.9. The Balaban J connectivity index is 1.31. The van der Waals surface area contributed by atoms with Crippen molar-refractivity contribution in [3.8, 4) is 11.1 Å². The standard InChI is InChI=1S/C34H34N2O5S/c37-31(38)16-7-2-1-6-14-28-33(36-42(39,40)30-15-8-12-26-13-9-21-35-32(26)30)29-22-34(28,23-41-29)27-19-17-25(18-20-27)24-10-4-3-5-11-24/h1,3-6,8-13,15,17-21,28-29,33,36H,2,7,14,16,22-23H2,(H,37,38)/t28-,29-,33-,34-/m0/s1. The smallest absolute Gasteiger partial charge is 0.303 e. The van der Waals surface area contributed by atoms with Crippen LogP contribution in [0.15, 0.2) is 108 Å². The van der Waals surface area contributed by atoms with E-state index in [4.69, 9.17) is 9.84 Å². The van der Waals surface area contributed by atoms with Gasteiger partial charge in [0.15, 0.2) is 0 Å². The van der Waals surface area contributed by atoms with Crippen molar-refractivity contribution in [3.05, 3.63) is 109 Å². The summed E-state index contributed by atoms with van der Waals surface area (Å²) >= 11 is 0. The Labute approximate surface area is 246 Å². The molecule has 2 N–H and O–H groups in total. The van der Waals surface area contributed by atoms with E-state index in [1.807, 2.05) is 36.4 Å². The van der Waals surface area contributed by atoms with Crippen molar-refractivity contribution in [2.75, 3.05) is 6.61 Å². The van der Waals surface area contributed by atoms with Gasteiger partial charge in [-0.2, -0.15) is 0 Å². The molecule has 0 amide bonds. The molecule has 6 rings (SSSR count). The summed E-state index contributed by atoms with van der Waals surface area (Å²) < 4.78 is 37.0. The molecule has 0 unspecified atom stereocenters. The largest absolute Gasteiger partial charge is 0.481 e. The van der Waals surface area contributed by atoms with Gasteiger partial charge < -0.3 is 9.84 Å². The molecule has 2 fully saturated rings. The third-order valence-corrected chi connectivity index (χ3v) is 10.2. The average Bonchev–Trinajstić information content (AvgIpc) is 3.57. The molecule has 3 aromatic carbocycles. The summed E-state index contributed by atoms with van der Waals surface area (Å²) in [6.45, 7) is 0.522. The van der Waals surface area contributed by atoms with Crippen LogP contribution >= 0.6 is 0 Å². The van der Waals surface area contributed by atoms with Crippen molar-refractivity contribution in [3.63, 3.8) is 0 Å². The first-order valence-electron chi connectivity index (χ1n) is 14.4. The fraction of sp³-hybridized carbons (Fsp3) is 0.294. The molecule has 1 aliphatic carbocycles. The maximum atomic E-state index is 13.9. The Morgan fingerprint density at radius 3 is 2.52 bits per heavy atom. The number of nitrogens with one attached hydrogen (secondary N) is 1. The molecule has 1 aliphatic heterocycles. The first-order chi connectivity index (χ1) is 20.4. The molecule has 7 nitrogen and oxygen atoms in total. The highest BCUT2D eigenvalue weighted by atomic mass is 32.2. The topological polar surface area (TPSA) is 106 Å². The number of unbranched alkanes of at least 4 members (excludes halogenated alkanes) is 1. The molecule has 2 heterocycles. The molecule has 1 saturated carbocycles. The van der Waals surface area contributed by atoms with Gasteiger partial charge in [-0.1, -0.05) is 84.9 Å². The van der Waals surface area contributed by atoms with Gasteiger partial charge in [0, 0.05) is 23.4 Å². The van der Waals surface area contributed by atoms with Crippen LogP contribution < -0.4 is 4.72 Å². The number of pyridine rings is 1. The van der Waals surface area contributed by atoms with E-state index in [-0.39, 0.29) is 28.8 Å². The number of carboxylic acids is 1. The lowest BCUT2D eigenvalue weighted by Crippen LogP contribution is -2.51. The molecule has 2 aliphatic rings. The first kappa shape index (κ1) is 28.3. The summed E-state index contributed by atoms with van der Waals surface area (Å²) in [5, 5.41) is 9.73. The Hall–Kier alpha value is -3.85. The van der Waals surface area contributed by atoms with Crippen LogP contribution in [-0.2, 0) is 25.0 Å². The number of aromatic nitrogens is 1. The Morgan fingerprint density at radius 1 is 0.976 bits per heavy atom. The van der Waals surface area contributed by atoms with Crippen molar-refractivity contribution < 1.29 is 23.1 Å². The highest BCUT2D eigenvalue weighted by Crippen LogP contribution is 2.54. The maximum Gasteiger partial charge on any atom is 0.303 e. The number of para-hydroxylation sites is 1. The van der Waals surface area contributed by atoms with Crippen molar-refractivity contribution in [1.29, 1.82) is 0 Å². The number of hydrogen-bond acceptors (Lipinski definition) is 5. The first-order valence-corrected chi connectivity index (χ1v) is 15.9. The zero-order valence-corrected chi connectivity index (χ0v) is 24.0. The van der Waals surface area contributed by atoms with Gasteiger partial charge >= 0.3 is 5.97 Å². The van der Waals surface area contributed by atoms with Gasteiger partial charge in [0.2, 0.25) is 10.0 Å². The number of hydrogen-bond donors (Lipinski definition) is 2. The summed E-state index contributed by atoms with van der Waals surface area (Å²) in [5.74, 6) is -0.851. The van der Waals surface area contributed by atoms with Crippen LogP contribution in [0.1, 0.15) is 37.7 Å². The predicted molar refractivity (Wildman–Crippen MR) is 162 cm³/mol. The van der Waals surface area contributed by atoms with E-state index in [0.29, 0.717) is 31.4 Å². The molecule has 2 bridgehead atoms. The third kappa shape index (κ3) is 5.50. The van der Waals surface area contributed by atoms with Crippen LogP contribution in [0.2, 0.25) is 0 Å². The summed E-state index contributed by atoms with van der Waals surface area (Å²) in [7, 11) is -3.91. The van der Waals surface area contributed by atoms with Crippen LogP contribution in [-0.4, -0.2) is 43.2 Å². The lowest BCUT2D eigenvalue weighted by Gasteiger charge is -2.39. The van der Waals surface area contributed by atoms with Gasteiger partial charge in [0.05, 0.1) is 24.3 Å². The number of sulfonamides is 1. The number of fused-ring (bicyclic) bond motifs is 3. The van der Waals surface area contributed by atoms with E-state index in [1.54, 1.807) is 24.4 Å². The minimum atomic E-state index is -3.91. The monoisotopic (exact) mass is 582 g/mol. The fourth-order valence-corrected chi connectivity index (χ4v) is 8.15. The number of nitrogens with zero attached hydrogens (tertiary/aromatic N) is 1. The van der Waals surface area contributed by atoms with Gasteiger partial charge in [-0.3, -0.25) is 9.78 Å². The minimum absolute atomic E-state index is 0.0488. The molecular weight excluding hydrogens is 548 g/mol. The van der Waals surface area contributed by atoms with Crippen LogP contribution in [0.25, 0.3) is 22.0 Å². The Morgan fingerprint density at radius 2 is 1.74 bits per heavy atom. The SMILES string of the molecule is O=C(O)CCCC=CC[C@H]1[C@H](NS(=O)(=O)c2cccc3cccnc23)[C@@H]2C[C@@]1(c1ccc(-c3ccccc3)cc1)CO2. The average molecular weight is 583 g/mol. The molecular formula is C34H34N2O5S. The number of aliphatic carboxylic acids is 1. The normalized spacial score (nSPS) is 23.6. The molecule has 0 spiro atoms. The van der Waals surface area contributed by atoms with Gasteiger partial charge in [-0.15, -0.1) is 0 Å². The van der Waals surface area contributed by atoms with E-state index in [9.17, 15) is 13.2 Å². The molecule has 8 heteroatoms. The zero-order valence-electron chi connectivity index (χ0n) is 23.2. The molecule has 42 heavy (non-hydrogen) atoms. The molecule has 0 radical (unpaired) electrons. The number of rotatable bonds is 11.